The summed E-state index contributed by atoms with van der Waals surface area (Å²) in [5, 5.41) is 3.21. The Kier molecular flexibility index (Phi) is 1.64. The Morgan fingerprint density at radius 3 is 3.17 bits per heavy atom. The lowest BCUT2D eigenvalue weighted by atomic mass is 10.2. The number of pyridine rings is 1. The molecule has 0 aromatic carbocycles. The summed E-state index contributed by atoms with van der Waals surface area (Å²) in [6, 6.07) is 3.69. The summed E-state index contributed by atoms with van der Waals surface area (Å²) in [6.45, 7) is 3.77. The van der Waals surface area contributed by atoms with Crippen LogP contribution in [-0.2, 0) is 6.54 Å². The second kappa shape index (κ2) is 2.66. The summed E-state index contributed by atoms with van der Waals surface area (Å²) >= 11 is 0. The maximum Gasteiger partial charge on any atom is 0.252 e. The van der Waals surface area contributed by atoms with Crippen molar-refractivity contribution >= 4 is 5.82 Å². The quantitative estimate of drug-likeness (QED) is 0.620. The highest BCUT2D eigenvalue weighted by molar-refractivity contribution is 5.39. The molecule has 64 valence electrons. The minimum atomic E-state index is 0.109. The summed E-state index contributed by atoms with van der Waals surface area (Å²) in [5.74, 6) is 0.964. The lowest BCUT2D eigenvalue weighted by Crippen LogP contribution is -2.28. The van der Waals surface area contributed by atoms with Crippen molar-refractivity contribution in [2.75, 3.05) is 11.9 Å². The highest BCUT2D eigenvalue weighted by Gasteiger charge is 2.08. The molecule has 0 saturated carbocycles. The number of nitrogens with zero attached hydrogens (tertiary/aromatic N) is 1. The van der Waals surface area contributed by atoms with Gasteiger partial charge in [0, 0.05) is 19.2 Å². The zero-order valence-electron chi connectivity index (χ0n) is 7.13. The second-order valence-corrected chi connectivity index (χ2v) is 3.19. The van der Waals surface area contributed by atoms with E-state index in [1.54, 1.807) is 10.6 Å². The maximum absolute atomic E-state index is 11.4. The topological polar surface area (TPSA) is 34.0 Å². The first-order chi connectivity index (χ1) is 5.77. The molecule has 0 bridgehead atoms. The maximum atomic E-state index is 11.4. The van der Waals surface area contributed by atoms with Crippen LogP contribution in [0.5, 0.6) is 0 Å². The predicted octanol–water partition coefficient (Wildman–Crippen LogP) is 0.972. The van der Waals surface area contributed by atoms with Gasteiger partial charge in [0.2, 0.25) is 0 Å². The van der Waals surface area contributed by atoms with E-state index in [-0.39, 0.29) is 5.56 Å². The van der Waals surface area contributed by atoms with Crippen LogP contribution in [0.1, 0.15) is 12.0 Å². The van der Waals surface area contributed by atoms with E-state index in [2.05, 4.69) is 5.32 Å². The molecule has 1 aromatic rings. The molecule has 0 atom stereocenters. The van der Waals surface area contributed by atoms with Crippen LogP contribution in [0.3, 0.4) is 0 Å². The smallest absolute Gasteiger partial charge is 0.252 e. The first-order valence-corrected chi connectivity index (χ1v) is 4.23. The number of nitrogens with one attached hydrogen (secondary N) is 1. The van der Waals surface area contributed by atoms with Crippen LogP contribution in [-0.4, -0.2) is 11.1 Å². The van der Waals surface area contributed by atoms with Gasteiger partial charge in [-0.15, -0.1) is 0 Å². The predicted molar refractivity (Wildman–Crippen MR) is 48.5 cm³/mol. The number of aromatic nitrogens is 1. The van der Waals surface area contributed by atoms with E-state index in [4.69, 9.17) is 0 Å². The van der Waals surface area contributed by atoms with Crippen molar-refractivity contribution in [3.8, 4) is 0 Å². The van der Waals surface area contributed by atoms with Crippen molar-refractivity contribution in [2.24, 2.45) is 0 Å². The fourth-order valence-electron chi connectivity index (χ4n) is 1.56. The Balaban J connectivity index is 2.60. The fraction of sp³-hybridized carbons (Fsp3) is 0.444. The monoisotopic (exact) mass is 164 g/mol. The Labute approximate surface area is 71.0 Å². The number of anilines is 1. The first kappa shape index (κ1) is 7.40. The number of hydrogen-bond donors (Lipinski definition) is 1. The SMILES string of the molecule is Cc1cc2n(c(=O)c1)CCCN2. The molecular formula is C9H12N2O. The molecule has 2 rings (SSSR count). The molecule has 3 nitrogen and oxygen atoms in total. The lowest BCUT2D eigenvalue weighted by molar-refractivity contribution is 0.608. The molecular weight excluding hydrogens is 152 g/mol. The molecule has 0 unspecified atom stereocenters. The van der Waals surface area contributed by atoms with E-state index in [1.165, 1.54) is 0 Å². The van der Waals surface area contributed by atoms with Gasteiger partial charge in [0.25, 0.3) is 5.56 Å². The van der Waals surface area contributed by atoms with Crippen molar-refractivity contribution in [1.29, 1.82) is 0 Å². The Hall–Kier alpha value is -1.25. The van der Waals surface area contributed by atoms with E-state index >= 15 is 0 Å². The third-order valence-corrected chi connectivity index (χ3v) is 2.14. The van der Waals surface area contributed by atoms with Crippen molar-refractivity contribution in [2.45, 2.75) is 19.9 Å². The zero-order valence-corrected chi connectivity index (χ0v) is 7.13. The third kappa shape index (κ3) is 1.11. The molecule has 1 aliphatic rings. The van der Waals surface area contributed by atoms with Gasteiger partial charge in [0.05, 0.1) is 0 Å². The molecule has 0 saturated heterocycles. The van der Waals surface area contributed by atoms with Gasteiger partial charge >= 0.3 is 0 Å². The van der Waals surface area contributed by atoms with Gasteiger partial charge in [-0.2, -0.15) is 0 Å². The van der Waals surface area contributed by atoms with Gasteiger partial charge in [0.15, 0.2) is 0 Å². The van der Waals surface area contributed by atoms with Crippen molar-refractivity contribution < 1.29 is 0 Å². The van der Waals surface area contributed by atoms with Gasteiger partial charge in [0.1, 0.15) is 5.82 Å². The van der Waals surface area contributed by atoms with Crippen LogP contribution in [0.2, 0.25) is 0 Å². The standard InChI is InChI=1S/C9H12N2O/c1-7-5-8-10-3-2-4-11(8)9(12)6-7/h5-6,10H,2-4H2,1H3. The number of fused-ring (bicyclic) bond motifs is 1. The third-order valence-electron chi connectivity index (χ3n) is 2.14. The number of rotatable bonds is 0. The van der Waals surface area contributed by atoms with Crippen LogP contribution in [0.15, 0.2) is 16.9 Å². The summed E-state index contributed by atoms with van der Waals surface area (Å²) in [7, 11) is 0. The Morgan fingerprint density at radius 1 is 1.50 bits per heavy atom. The summed E-state index contributed by atoms with van der Waals surface area (Å²) in [4.78, 5) is 11.4. The molecule has 1 N–H and O–H groups in total. The number of hydrogen-bond acceptors (Lipinski definition) is 2. The van der Waals surface area contributed by atoms with Crippen LogP contribution in [0.25, 0.3) is 0 Å². The van der Waals surface area contributed by atoms with E-state index in [0.29, 0.717) is 0 Å². The van der Waals surface area contributed by atoms with Crippen molar-refractivity contribution in [3.63, 3.8) is 0 Å². The molecule has 3 heteroatoms. The summed E-state index contributed by atoms with van der Waals surface area (Å²) < 4.78 is 1.79. The molecule has 0 amide bonds. The van der Waals surface area contributed by atoms with E-state index < -0.39 is 0 Å². The highest BCUT2D eigenvalue weighted by atomic mass is 16.1. The van der Waals surface area contributed by atoms with Gasteiger partial charge in [-0.1, -0.05) is 0 Å². The highest BCUT2D eigenvalue weighted by Crippen LogP contribution is 2.11. The van der Waals surface area contributed by atoms with Crippen molar-refractivity contribution in [3.05, 3.63) is 28.0 Å². The van der Waals surface area contributed by atoms with E-state index in [0.717, 1.165) is 30.9 Å². The Morgan fingerprint density at radius 2 is 2.33 bits per heavy atom. The molecule has 0 radical (unpaired) electrons. The van der Waals surface area contributed by atoms with Gasteiger partial charge in [-0.25, -0.2) is 0 Å². The largest absolute Gasteiger partial charge is 0.371 e. The molecule has 0 spiro atoms. The molecule has 0 fully saturated rings. The van der Waals surface area contributed by atoms with E-state index in [9.17, 15) is 4.79 Å². The average Bonchev–Trinajstić information content (AvgIpc) is 2.04. The minimum absolute atomic E-state index is 0.109. The second-order valence-electron chi connectivity index (χ2n) is 3.19. The van der Waals surface area contributed by atoms with Crippen LogP contribution in [0, 0.1) is 6.92 Å². The summed E-state index contributed by atoms with van der Waals surface area (Å²) in [6.07, 6.45) is 1.04. The van der Waals surface area contributed by atoms with Crippen LogP contribution in [0.4, 0.5) is 5.82 Å². The van der Waals surface area contributed by atoms with Crippen LogP contribution >= 0.6 is 0 Å². The zero-order chi connectivity index (χ0) is 8.55. The van der Waals surface area contributed by atoms with Crippen molar-refractivity contribution in [1.82, 2.24) is 4.57 Å². The van der Waals surface area contributed by atoms with Crippen LogP contribution < -0.4 is 10.9 Å². The van der Waals surface area contributed by atoms with E-state index in [1.807, 2.05) is 13.0 Å². The van der Waals surface area contributed by atoms with Gasteiger partial charge < -0.3 is 5.32 Å². The molecule has 2 heterocycles. The van der Waals surface area contributed by atoms with Gasteiger partial charge in [-0.05, 0) is 25.0 Å². The Bertz CT molecular complexity index is 354. The lowest BCUT2D eigenvalue weighted by Gasteiger charge is -2.19. The summed E-state index contributed by atoms with van der Waals surface area (Å²) in [5.41, 5.74) is 1.14. The first-order valence-electron chi connectivity index (χ1n) is 4.23. The molecule has 12 heavy (non-hydrogen) atoms. The molecule has 1 aromatic heterocycles. The number of aryl methyl sites for hydroxylation is 1. The normalized spacial score (nSPS) is 15.1. The molecule has 0 aliphatic carbocycles. The molecule has 1 aliphatic heterocycles. The minimum Gasteiger partial charge on any atom is -0.371 e. The average molecular weight is 164 g/mol. The van der Waals surface area contributed by atoms with Gasteiger partial charge in [-0.3, -0.25) is 9.36 Å². The fourth-order valence-corrected chi connectivity index (χ4v) is 1.56.